The van der Waals surface area contributed by atoms with Crippen molar-refractivity contribution in [2.45, 2.75) is 45.4 Å². The van der Waals surface area contributed by atoms with Crippen LogP contribution in [-0.4, -0.2) is 19.1 Å². The van der Waals surface area contributed by atoms with Crippen molar-refractivity contribution < 1.29 is 14.3 Å². The molecule has 0 bridgehead atoms. The van der Waals surface area contributed by atoms with Crippen LogP contribution < -0.4 is 10.1 Å². The fourth-order valence-corrected chi connectivity index (χ4v) is 3.01. The second-order valence-electron chi connectivity index (χ2n) is 7.04. The SMILES string of the molecule is COc1cccc(COC(C)C(=O)NC(c2ccc(C)cc2)C2CC2)c1. The summed E-state index contributed by atoms with van der Waals surface area (Å²) in [7, 11) is 1.64. The van der Waals surface area contributed by atoms with Crippen LogP contribution >= 0.6 is 0 Å². The topological polar surface area (TPSA) is 47.6 Å². The second-order valence-corrected chi connectivity index (χ2v) is 7.04. The standard InChI is InChI=1S/C22H27NO3/c1-15-7-9-18(10-8-15)21(19-11-12-19)23-22(24)16(2)26-14-17-5-4-6-20(13-17)25-3/h4-10,13,16,19,21H,11-12,14H2,1-3H3,(H,23,24). The van der Waals surface area contributed by atoms with Gasteiger partial charge in [-0.05, 0) is 55.9 Å². The molecule has 1 amide bonds. The van der Waals surface area contributed by atoms with Crippen LogP contribution in [0, 0.1) is 12.8 Å². The minimum atomic E-state index is -0.507. The first-order valence-corrected chi connectivity index (χ1v) is 9.18. The number of nitrogens with one attached hydrogen (secondary N) is 1. The average molecular weight is 353 g/mol. The van der Waals surface area contributed by atoms with Gasteiger partial charge in [-0.2, -0.15) is 0 Å². The summed E-state index contributed by atoms with van der Waals surface area (Å²) in [5, 5.41) is 3.18. The van der Waals surface area contributed by atoms with Gasteiger partial charge in [-0.15, -0.1) is 0 Å². The zero-order valence-electron chi connectivity index (χ0n) is 15.7. The Balaban J connectivity index is 1.57. The molecule has 1 fully saturated rings. The summed E-state index contributed by atoms with van der Waals surface area (Å²) in [5.41, 5.74) is 3.39. The smallest absolute Gasteiger partial charge is 0.249 e. The maximum absolute atomic E-state index is 12.6. The van der Waals surface area contributed by atoms with Crippen molar-refractivity contribution in [2.75, 3.05) is 7.11 Å². The monoisotopic (exact) mass is 353 g/mol. The van der Waals surface area contributed by atoms with Gasteiger partial charge < -0.3 is 14.8 Å². The zero-order chi connectivity index (χ0) is 18.5. The highest BCUT2D eigenvalue weighted by Gasteiger charge is 2.34. The number of amides is 1. The molecule has 2 atom stereocenters. The van der Waals surface area contributed by atoms with Crippen molar-refractivity contribution in [1.29, 1.82) is 0 Å². The van der Waals surface area contributed by atoms with E-state index in [4.69, 9.17) is 9.47 Å². The zero-order valence-corrected chi connectivity index (χ0v) is 15.7. The van der Waals surface area contributed by atoms with Gasteiger partial charge >= 0.3 is 0 Å². The van der Waals surface area contributed by atoms with E-state index in [2.05, 4.69) is 36.5 Å². The summed E-state index contributed by atoms with van der Waals surface area (Å²) in [6.45, 7) is 4.25. The molecule has 2 unspecified atom stereocenters. The number of benzene rings is 2. The third kappa shape index (κ3) is 4.85. The molecule has 1 aliphatic carbocycles. The molecule has 2 aromatic carbocycles. The van der Waals surface area contributed by atoms with Gasteiger partial charge in [0.05, 0.1) is 19.8 Å². The molecule has 0 aromatic heterocycles. The van der Waals surface area contributed by atoms with E-state index in [0.29, 0.717) is 12.5 Å². The number of hydrogen-bond donors (Lipinski definition) is 1. The number of methoxy groups -OCH3 is 1. The van der Waals surface area contributed by atoms with E-state index in [1.165, 1.54) is 11.1 Å². The molecule has 1 saturated carbocycles. The van der Waals surface area contributed by atoms with Crippen LogP contribution in [0.25, 0.3) is 0 Å². The summed E-state index contributed by atoms with van der Waals surface area (Å²) in [6.07, 6.45) is 1.82. The summed E-state index contributed by atoms with van der Waals surface area (Å²) >= 11 is 0. The first-order chi connectivity index (χ1) is 12.6. The van der Waals surface area contributed by atoms with E-state index < -0.39 is 6.10 Å². The van der Waals surface area contributed by atoms with Crippen LogP contribution in [0.3, 0.4) is 0 Å². The Morgan fingerprint density at radius 2 is 1.92 bits per heavy atom. The number of carbonyl (C=O) groups is 1. The Bertz CT molecular complexity index is 737. The Morgan fingerprint density at radius 3 is 2.58 bits per heavy atom. The number of carbonyl (C=O) groups excluding carboxylic acids is 1. The number of rotatable bonds is 8. The van der Waals surface area contributed by atoms with Gasteiger partial charge in [-0.1, -0.05) is 42.0 Å². The normalized spacial score (nSPS) is 16.0. The second kappa shape index (κ2) is 8.37. The van der Waals surface area contributed by atoms with Crippen LogP contribution in [0.1, 0.15) is 42.5 Å². The predicted molar refractivity (Wildman–Crippen MR) is 102 cm³/mol. The van der Waals surface area contributed by atoms with E-state index in [1.807, 2.05) is 24.3 Å². The van der Waals surface area contributed by atoms with Crippen molar-refractivity contribution in [1.82, 2.24) is 5.32 Å². The van der Waals surface area contributed by atoms with Crippen LogP contribution in [-0.2, 0) is 16.1 Å². The molecule has 1 N–H and O–H groups in total. The van der Waals surface area contributed by atoms with Gasteiger partial charge in [0.1, 0.15) is 11.9 Å². The maximum Gasteiger partial charge on any atom is 0.249 e. The van der Waals surface area contributed by atoms with Crippen molar-refractivity contribution in [3.63, 3.8) is 0 Å². The van der Waals surface area contributed by atoms with Crippen LogP contribution in [0.4, 0.5) is 0 Å². The van der Waals surface area contributed by atoms with Gasteiger partial charge in [-0.25, -0.2) is 0 Å². The lowest BCUT2D eigenvalue weighted by Gasteiger charge is -2.22. The number of aryl methyl sites for hydroxylation is 1. The first-order valence-electron chi connectivity index (χ1n) is 9.18. The van der Waals surface area contributed by atoms with Gasteiger partial charge in [0.15, 0.2) is 0 Å². The van der Waals surface area contributed by atoms with Crippen molar-refractivity contribution in [3.05, 3.63) is 65.2 Å². The van der Waals surface area contributed by atoms with E-state index in [1.54, 1.807) is 14.0 Å². The molecule has 3 rings (SSSR count). The highest BCUT2D eigenvalue weighted by atomic mass is 16.5. The predicted octanol–water partition coefficient (Wildman–Crippen LogP) is 4.18. The van der Waals surface area contributed by atoms with Crippen LogP contribution in [0.15, 0.2) is 48.5 Å². The Morgan fingerprint density at radius 1 is 1.19 bits per heavy atom. The molecule has 4 nitrogen and oxygen atoms in total. The Kier molecular flexibility index (Phi) is 5.94. The molecule has 4 heteroatoms. The minimum Gasteiger partial charge on any atom is -0.497 e. The highest BCUT2D eigenvalue weighted by molar-refractivity contribution is 5.80. The molecule has 0 spiro atoms. The quantitative estimate of drug-likeness (QED) is 0.774. The van der Waals surface area contributed by atoms with E-state index in [-0.39, 0.29) is 11.9 Å². The largest absolute Gasteiger partial charge is 0.497 e. The van der Waals surface area contributed by atoms with Crippen molar-refractivity contribution in [3.8, 4) is 5.75 Å². The fourth-order valence-electron chi connectivity index (χ4n) is 3.01. The van der Waals surface area contributed by atoms with Gasteiger partial charge in [0.25, 0.3) is 0 Å². The average Bonchev–Trinajstić information content (AvgIpc) is 3.50. The molecule has 26 heavy (non-hydrogen) atoms. The third-order valence-corrected chi connectivity index (χ3v) is 4.83. The maximum atomic E-state index is 12.6. The lowest BCUT2D eigenvalue weighted by atomic mass is 10.0. The first kappa shape index (κ1) is 18.5. The molecular formula is C22H27NO3. The van der Waals surface area contributed by atoms with Crippen LogP contribution in [0.5, 0.6) is 5.75 Å². The fraction of sp³-hybridized carbons (Fsp3) is 0.409. The molecule has 138 valence electrons. The Labute approximate surface area is 155 Å². The van der Waals surface area contributed by atoms with Crippen molar-refractivity contribution in [2.24, 2.45) is 5.92 Å². The molecule has 2 aromatic rings. The highest BCUT2D eigenvalue weighted by Crippen LogP contribution is 2.41. The summed E-state index contributed by atoms with van der Waals surface area (Å²) in [6, 6.07) is 16.2. The summed E-state index contributed by atoms with van der Waals surface area (Å²) in [5.74, 6) is 1.26. The van der Waals surface area contributed by atoms with Gasteiger partial charge in [0, 0.05) is 0 Å². The number of hydrogen-bond acceptors (Lipinski definition) is 3. The molecule has 1 aliphatic rings. The minimum absolute atomic E-state index is 0.0645. The summed E-state index contributed by atoms with van der Waals surface area (Å²) < 4.78 is 11.0. The molecule has 0 heterocycles. The lowest BCUT2D eigenvalue weighted by Crippen LogP contribution is -2.37. The van der Waals surface area contributed by atoms with Gasteiger partial charge in [0.2, 0.25) is 5.91 Å². The Hall–Kier alpha value is -2.33. The summed E-state index contributed by atoms with van der Waals surface area (Å²) in [4.78, 5) is 12.6. The molecule has 0 aliphatic heterocycles. The van der Waals surface area contributed by atoms with Gasteiger partial charge in [-0.3, -0.25) is 4.79 Å². The molecule has 0 radical (unpaired) electrons. The van der Waals surface area contributed by atoms with Crippen LogP contribution in [0.2, 0.25) is 0 Å². The molecular weight excluding hydrogens is 326 g/mol. The number of ether oxygens (including phenoxy) is 2. The van der Waals surface area contributed by atoms with E-state index in [9.17, 15) is 4.79 Å². The van der Waals surface area contributed by atoms with E-state index >= 15 is 0 Å². The third-order valence-electron chi connectivity index (χ3n) is 4.83. The van der Waals surface area contributed by atoms with Crippen molar-refractivity contribution >= 4 is 5.91 Å². The lowest BCUT2D eigenvalue weighted by molar-refractivity contribution is -0.133. The molecule has 0 saturated heterocycles. The van der Waals surface area contributed by atoms with E-state index in [0.717, 1.165) is 24.2 Å².